The number of carboxylic acids is 2. The summed E-state index contributed by atoms with van der Waals surface area (Å²) in [5, 5.41) is 17.5. The average Bonchev–Trinajstić information content (AvgIpc) is 2.07. The van der Waals surface area contributed by atoms with E-state index in [1.165, 1.54) is 0 Å². The van der Waals surface area contributed by atoms with Crippen LogP contribution in [0.3, 0.4) is 0 Å². The van der Waals surface area contributed by atoms with E-state index in [1.807, 2.05) is 13.0 Å². The maximum Gasteiger partial charge on any atom is 0.307 e. The highest BCUT2D eigenvalue weighted by Gasteiger charge is 2.31. The molecule has 0 amide bonds. The molecule has 0 aromatic heterocycles. The number of carboxylic acid groups (broad SMARTS) is 2. The molecule has 0 spiro atoms. The molecule has 0 heterocycles. The summed E-state index contributed by atoms with van der Waals surface area (Å²) in [6, 6.07) is 0. The molecule has 2 N–H and O–H groups in total. The fourth-order valence-corrected chi connectivity index (χ4v) is 1.82. The van der Waals surface area contributed by atoms with Crippen LogP contribution in [0.1, 0.15) is 19.8 Å². The standard InChI is InChI=1S/C10H14O4/c1-6-2-3-7(5-9(11)12)8(4-6)10(13)14/h2-3,6-8H,4-5H2,1H3,(H,11,12)(H,13,14). The van der Waals surface area contributed by atoms with Crippen molar-refractivity contribution in [2.75, 3.05) is 0 Å². The Bertz CT molecular complexity index is 269. The summed E-state index contributed by atoms with van der Waals surface area (Å²) in [5.41, 5.74) is 0. The molecule has 0 saturated carbocycles. The lowest BCUT2D eigenvalue weighted by Gasteiger charge is -2.26. The van der Waals surface area contributed by atoms with Gasteiger partial charge < -0.3 is 10.2 Å². The van der Waals surface area contributed by atoms with Gasteiger partial charge in [-0.3, -0.25) is 9.59 Å². The highest BCUT2D eigenvalue weighted by atomic mass is 16.4. The summed E-state index contributed by atoms with van der Waals surface area (Å²) in [6.45, 7) is 1.93. The zero-order chi connectivity index (χ0) is 10.7. The normalized spacial score (nSPS) is 31.4. The number of aliphatic carboxylic acids is 2. The lowest BCUT2D eigenvalue weighted by Crippen LogP contribution is -2.28. The maximum atomic E-state index is 10.9. The molecule has 1 aliphatic carbocycles. The van der Waals surface area contributed by atoms with Gasteiger partial charge in [0.15, 0.2) is 0 Å². The van der Waals surface area contributed by atoms with Crippen LogP contribution in [0.25, 0.3) is 0 Å². The van der Waals surface area contributed by atoms with E-state index in [-0.39, 0.29) is 18.3 Å². The Hall–Kier alpha value is -1.32. The molecule has 4 nitrogen and oxygen atoms in total. The number of hydrogen-bond acceptors (Lipinski definition) is 2. The first-order chi connectivity index (χ1) is 6.50. The lowest BCUT2D eigenvalue weighted by atomic mass is 9.78. The molecular weight excluding hydrogens is 184 g/mol. The van der Waals surface area contributed by atoms with Crippen molar-refractivity contribution in [3.05, 3.63) is 12.2 Å². The number of allylic oxidation sites excluding steroid dienone is 2. The van der Waals surface area contributed by atoms with Crippen LogP contribution in [-0.4, -0.2) is 22.2 Å². The average molecular weight is 198 g/mol. The van der Waals surface area contributed by atoms with Crippen molar-refractivity contribution in [1.29, 1.82) is 0 Å². The molecule has 0 radical (unpaired) electrons. The van der Waals surface area contributed by atoms with Gasteiger partial charge in [0.05, 0.1) is 12.3 Å². The van der Waals surface area contributed by atoms with Gasteiger partial charge in [0, 0.05) is 5.92 Å². The third-order valence-corrected chi connectivity index (χ3v) is 2.56. The van der Waals surface area contributed by atoms with Gasteiger partial charge in [0.1, 0.15) is 0 Å². The lowest BCUT2D eigenvalue weighted by molar-refractivity contribution is -0.145. The summed E-state index contributed by atoms with van der Waals surface area (Å²) < 4.78 is 0. The second-order valence-corrected chi connectivity index (χ2v) is 3.80. The molecule has 3 atom stereocenters. The van der Waals surface area contributed by atoms with Crippen LogP contribution in [-0.2, 0) is 9.59 Å². The second-order valence-electron chi connectivity index (χ2n) is 3.80. The van der Waals surface area contributed by atoms with Crippen molar-refractivity contribution in [2.24, 2.45) is 17.8 Å². The minimum atomic E-state index is -0.944. The molecule has 0 fully saturated rings. The predicted molar refractivity (Wildman–Crippen MR) is 49.8 cm³/mol. The first-order valence-electron chi connectivity index (χ1n) is 4.63. The first-order valence-corrected chi connectivity index (χ1v) is 4.63. The molecule has 4 heteroatoms. The molecule has 0 saturated heterocycles. The topological polar surface area (TPSA) is 74.6 Å². The smallest absolute Gasteiger partial charge is 0.307 e. The van der Waals surface area contributed by atoms with E-state index in [9.17, 15) is 9.59 Å². The molecule has 78 valence electrons. The van der Waals surface area contributed by atoms with Crippen LogP contribution in [0.5, 0.6) is 0 Å². The van der Waals surface area contributed by atoms with Crippen molar-refractivity contribution in [2.45, 2.75) is 19.8 Å². The van der Waals surface area contributed by atoms with Crippen LogP contribution in [0.2, 0.25) is 0 Å². The Morgan fingerprint density at radius 1 is 1.36 bits per heavy atom. The van der Waals surface area contributed by atoms with Gasteiger partial charge in [-0.1, -0.05) is 19.1 Å². The summed E-state index contributed by atoms with van der Waals surface area (Å²) in [4.78, 5) is 21.4. The first kappa shape index (κ1) is 10.8. The molecule has 14 heavy (non-hydrogen) atoms. The van der Waals surface area contributed by atoms with Gasteiger partial charge in [-0.05, 0) is 12.3 Å². The van der Waals surface area contributed by atoms with Crippen molar-refractivity contribution in [3.63, 3.8) is 0 Å². The largest absolute Gasteiger partial charge is 0.481 e. The van der Waals surface area contributed by atoms with Gasteiger partial charge in [0.2, 0.25) is 0 Å². The summed E-state index contributed by atoms with van der Waals surface area (Å²) >= 11 is 0. The summed E-state index contributed by atoms with van der Waals surface area (Å²) in [5.74, 6) is -2.53. The van der Waals surface area contributed by atoms with Crippen LogP contribution < -0.4 is 0 Å². The number of rotatable bonds is 3. The third-order valence-electron chi connectivity index (χ3n) is 2.56. The van der Waals surface area contributed by atoms with Crippen LogP contribution in [0, 0.1) is 17.8 Å². The van der Waals surface area contributed by atoms with Crippen molar-refractivity contribution in [1.82, 2.24) is 0 Å². The van der Waals surface area contributed by atoms with E-state index in [4.69, 9.17) is 10.2 Å². The fourth-order valence-electron chi connectivity index (χ4n) is 1.82. The van der Waals surface area contributed by atoms with Gasteiger partial charge in [0.25, 0.3) is 0 Å². The highest BCUT2D eigenvalue weighted by molar-refractivity contribution is 5.73. The molecule has 0 bridgehead atoms. The maximum absolute atomic E-state index is 10.9. The molecule has 1 rings (SSSR count). The molecule has 0 aromatic carbocycles. The SMILES string of the molecule is CC1C=CC(CC(=O)O)C(C(=O)O)C1. The zero-order valence-corrected chi connectivity index (χ0v) is 8.01. The Balaban J connectivity index is 2.74. The molecular formula is C10H14O4. The summed E-state index contributed by atoms with van der Waals surface area (Å²) in [6.07, 6.45) is 4.05. The fraction of sp³-hybridized carbons (Fsp3) is 0.600. The molecule has 0 aromatic rings. The van der Waals surface area contributed by atoms with Gasteiger partial charge >= 0.3 is 11.9 Å². The minimum absolute atomic E-state index is 0.0970. The van der Waals surface area contributed by atoms with Crippen LogP contribution >= 0.6 is 0 Å². The van der Waals surface area contributed by atoms with Gasteiger partial charge in [-0.2, -0.15) is 0 Å². The van der Waals surface area contributed by atoms with E-state index in [0.29, 0.717) is 6.42 Å². The Kier molecular flexibility index (Phi) is 3.28. The third kappa shape index (κ3) is 2.58. The number of hydrogen-bond donors (Lipinski definition) is 2. The van der Waals surface area contributed by atoms with E-state index in [0.717, 1.165) is 0 Å². The quantitative estimate of drug-likeness (QED) is 0.672. The molecule has 1 aliphatic rings. The monoisotopic (exact) mass is 198 g/mol. The number of carbonyl (C=O) groups is 2. The molecule has 3 unspecified atom stereocenters. The minimum Gasteiger partial charge on any atom is -0.481 e. The Morgan fingerprint density at radius 2 is 2.00 bits per heavy atom. The Morgan fingerprint density at radius 3 is 2.50 bits per heavy atom. The highest BCUT2D eigenvalue weighted by Crippen LogP contribution is 2.30. The van der Waals surface area contributed by atoms with E-state index in [1.54, 1.807) is 6.08 Å². The van der Waals surface area contributed by atoms with Crippen LogP contribution in [0.4, 0.5) is 0 Å². The van der Waals surface area contributed by atoms with E-state index < -0.39 is 17.9 Å². The van der Waals surface area contributed by atoms with E-state index in [2.05, 4.69) is 0 Å². The van der Waals surface area contributed by atoms with Crippen molar-refractivity contribution >= 4 is 11.9 Å². The van der Waals surface area contributed by atoms with Gasteiger partial charge in [-0.25, -0.2) is 0 Å². The molecule has 0 aliphatic heterocycles. The zero-order valence-electron chi connectivity index (χ0n) is 8.01. The predicted octanol–water partition coefficient (Wildman–Crippen LogP) is 1.37. The van der Waals surface area contributed by atoms with Crippen molar-refractivity contribution < 1.29 is 19.8 Å². The van der Waals surface area contributed by atoms with Crippen molar-refractivity contribution in [3.8, 4) is 0 Å². The second kappa shape index (κ2) is 4.26. The van der Waals surface area contributed by atoms with Crippen LogP contribution in [0.15, 0.2) is 12.2 Å². The van der Waals surface area contributed by atoms with Gasteiger partial charge in [-0.15, -0.1) is 0 Å². The van der Waals surface area contributed by atoms with E-state index >= 15 is 0 Å². The Labute approximate surface area is 82.2 Å². The summed E-state index contributed by atoms with van der Waals surface area (Å²) in [7, 11) is 0.